The average molecular weight is 354 g/mol. The van der Waals surface area contributed by atoms with Gasteiger partial charge in [-0.2, -0.15) is 13.2 Å². The van der Waals surface area contributed by atoms with Crippen molar-refractivity contribution in [3.05, 3.63) is 65.6 Å². The molecule has 0 fully saturated rings. The molecule has 0 spiro atoms. The number of aryl methyl sites for hydroxylation is 1. The van der Waals surface area contributed by atoms with E-state index in [1.165, 1.54) is 40.9 Å². The largest absolute Gasteiger partial charge is 0.435 e. The fourth-order valence-electron chi connectivity index (χ4n) is 2.45. The predicted octanol–water partition coefficient (Wildman–Crippen LogP) is 3.64. The van der Waals surface area contributed by atoms with Gasteiger partial charge in [0, 0.05) is 6.20 Å². The predicted molar refractivity (Wildman–Crippen MR) is 82.3 cm³/mol. The second-order valence-corrected chi connectivity index (χ2v) is 7.40. The Hall–Kier alpha value is -2.35. The van der Waals surface area contributed by atoms with E-state index in [-0.39, 0.29) is 16.2 Å². The number of aromatic nitrogens is 2. The van der Waals surface area contributed by atoms with Crippen LogP contribution in [-0.2, 0) is 21.8 Å². The summed E-state index contributed by atoms with van der Waals surface area (Å²) >= 11 is 0. The van der Waals surface area contributed by atoms with E-state index in [2.05, 4.69) is 4.98 Å². The fraction of sp³-hybridized carbons (Fsp3) is 0.188. The molecule has 0 aliphatic rings. The molecule has 24 heavy (non-hydrogen) atoms. The van der Waals surface area contributed by atoms with Crippen molar-refractivity contribution >= 4 is 15.5 Å². The van der Waals surface area contributed by atoms with Crippen LogP contribution in [0, 0.1) is 6.92 Å². The van der Waals surface area contributed by atoms with Crippen LogP contribution in [0.25, 0.3) is 5.65 Å². The molecule has 0 saturated heterocycles. The number of hydrogen-bond acceptors (Lipinski definition) is 3. The van der Waals surface area contributed by atoms with Crippen molar-refractivity contribution in [3.8, 4) is 0 Å². The maximum Gasteiger partial charge on any atom is 0.435 e. The lowest BCUT2D eigenvalue weighted by molar-refractivity contribution is -0.141. The van der Waals surface area contributed by atoms with Crippen molar-refractivity contribution < 1.29 is 21.6 Å². The number of imidazole rings is 1. The van der Waals surface area contributed by atoms with Crippen molar-refractivity contribution in [2.45, 2.75) is 23.7 Å². The summed E-state index contributed by atoms with van der Waals surface area (Å²) in [6, 6.07) is 10.5. The lowest BCUT2D eigenvalue weighted by atomic mass is 10.3. The number of nitrogens with zero attached hydrogens (tertiary/aromatic N) is 2. The van der Waals surface area contributed by atoms with Crippen molar-refractivity contribution in [1.82, 2.24) is 9.38 Å². The summed E-state index contributed by atoms with van der Waals surface area (Å²) in [6.07, 6.45) is -3.33. The van der Waals surface area contributed by atoms with E-state index in [0.29, 0.717) is 0 Å². The van der Waals surface area contributed by atoms with Crippen LogP contribution >= 0.6 is 0 Å². The molecule has 0 aliphatic heterocycles. The highest BCUT2D eigenvalue weighted by Crippen LogP contribution is 2.33. The van der Waals surface area contributed by atoms with Crippen molar-refractivity contribution in [2.75, 3.05) is 0 Å². The van der Waals surface area contributed by atoms with Gasteiger partial charge < -0.3 is 4.40 Å². The van der Waals surface area contributed by atoms with Crippen molar-refractivity contribution in [3.63, 3.8) is 0 Å². The minimum absolute atomic E-state index is 0.0276. The van der Waals surface area contributed by atoms with Gasteiger partial charge in [-0.3, -0.25) is 0 Å². The second-order valence-electron chi connectivity index (χ2n) is 5.41. The number of rotatable bonds is 3. The van der Waals surface area contributed by atoms with Gasteiger partial charge in [0.15, 0.2) is 15.5 Å². The third kappa shape index (κ3) is 3.01. The Kier molecular flexibility index (Phi) is 3.87. The first kappa shape index (κ1) is 16.5. The van der Waals surface area contributed by atoms with Gasteiger partial charge in [-0.25, -0.2) is 13.4 Å². The van der Waals surface area contributed by atoms with Crippen LogP contribution < -0.4 is 0 Å². The number of benzene rings is 1. The normalized spacial score (nSPS) is 12.7. The molecule has 0 amide bonds. The quantitative estimate of drug-likeness (QED) is 0.722. The van der Waals surface area contributed by atoms with Crippen LogP contribution in [0.3, 0.4) is 0 Å². The third-order valence-corrected chi connectivity index (χ3v) is 5.22. The van der Waals surface area contributed by atoms with Crippen LogP contribution in [0.15, 0.2) is 53.6 Å². The molecule has 0 atom stereocenters. The molecule has 0 aliphatic carbocycles. The highest BCUT2D eigenvalue weighted by Gasteiger charge is 2.39. The molecule has 2 heterocycles. The molecule has 0 N–H and O–H groups in total. The molecular weight excluding hydrogens is 341 g/mol. The van der Waals surface area contributed by atoms with Crippen LogP contribution in [-0.4, -0.2) is 17.8 Å². The molecule has 1 aromatic carbocycles. The lowest BCUT2D eigenvalue weighted by Gasteiger charge is -2.09. The standard InChI is InChI=1S/C16H13F3N2O2S/c1-11-7-8-21-13(15(16(17,18)19)20-14(21)9-11)10-24(22,23)12-5-3-2-4-6-12/h2-9H,10H2,1H3. The van der Waals surface area contributed by atoms with Gasteiger partial charge >= 0.3 is 6.18 Å². The Morgan fingerprint density at radius 1 is 1.12 bits per heavy atom. The molecule has 3 rings (SSSR count). The van der Waals surface area contributed by atoms with E-state index in [4.69, 9.17) is 0 Å². The van der Waals surface area contributed by atoms with Crippen molar-refractivity contribution in [1.29, 1.82) is 0 Å². The Bertz CT molecular complexity index is 993. The molecule has 0 unspecified atom stereocenters. The van der Waals surface area contributed by atoms with Crippen LogP contribution in [0.4, 0.5) is 13.2 Å². The Balaban J connectivity index is 2.18. The number of pyridine rings is 1. The lowest BCUT2D eigenvalue weighted by Crippen LogP contribution is -2.14. The average Bonchev–Trinajstić information content (AvgIpc) is 2.85. The third-order valence-electron chi connectivity index (χ3n) is 3.58. The summed E-state index contributed by atoms with van der Waals surface area (Å²) in [4.78, 5) is 3.57. The molecule has 3 aromatic rings. The van der Waals surface area contributed by atoms with Gasteiger partial charge in [0.2, 0.25) is 0 Å². The smallest absolute Gasteiger partial charge is 0.302 e. The minimum atomic E-state index is -4.73. The molecule has 4 nitrogen and oxygen atoms in total. The molecule has 0 saturated carbocycles. The number of alkyl halides is 3. The van der Waals surface area contributed by atoms with Crippen LogP contribution in [0.2, 0.25) is 0 Å². The van der Waals surface area contributed by atoms with Crippen LogP contribution in [0.5, 0.6) is 0 Å². The maximum absolute atomic E-state index is 13.3. The summed E-state index contributed by atoms with van der Waals surface area (Å²) in [5, 5.41) is 0. The first-order valence-corrected chi connectivity index (χ1v) is 8.66. The number of sulfone groups is 1. The van der Waals surface area contributed by atoms with E-state index in [9.17, 15) is 21.6 Å². The maximum atomic E-state index is 13.3. The zero-order valence-corrected chi connectivity index (χ0v) is 13.4. The molecule has 8 heteroatoms. The summed E-state index contributed by atoms with van der Waals surface area (Å²) in [5.74, 6) is -0.782. The minimum Gasteiger partial charge on any atom is -0.302 e. The highest BCUT2D eigenvalue weighted by atomic mass is 32.2. The molecule has 126 valence electrons. The van der Waals surface area contributed by atoms with E-state index in [0.717, 1.165) is 5.56 Å². The topological polar surface area (TPSA) is 51.4 Å². The highest BCUT2D eigenvalue weighted by molar-refractivity contribution is 7.90. The van der Waals surface area contributed by atoms with Crippen LogP contribution in [0.1, 0.15) is 17.0 Å². The van der Waals surface area contributed by atoms with Gasteiger partial charge in [0.1, 0.15) is 5.65 Å². The van der Waals surface area contributed by atoms with E-state index < -0.39 is 27.5 Å². The van der Waals surface area contributed by atoms with Gasteiger partial charge in [-0.05, 0) is 36.8 Å². The van der Waals surface area contributed by atoms with E-state index in [1.807, 2.05) is 0 Å². The number of halogens is 3. The number of fused-ring (bicyclic) bond motifs is 1. The Labute approximate surface area is 136 Å². The van der Waals surface area contributed by atoms with Gasteiger partial charge in [0.25, 0.3) is 0 Å². The van der Waals surface area contributed by atoms with E-state index in [1.54, 1.807) is 19.1 Å². The van der Waals surface area contributed by atoms with Crippen molar-refractivity contribution in [2.24, 2.45) is 0 Å². The van der Waals surface area contributed by atoms with Gasteiger partial charge in [0.05, 0.1) is 16.3 Å². The van der Waals surface area contributed by atoms with Gasteiger partial charge in [-0.15, -0.1) is 0 Å². The molecular formula is C16H13F3N2O2S. The summed E-state index contributed by atoms with van der Waals surface area (Å²) in [7, 11) is -3.93. The SMILES string of the molecule is Cc1ccn2c(CS(=O)(=O)c3ccccc3)c(C(F)(F)F)nc2c1. The summed E-state index contributed by atoms with van der Waals surface area (Å²) in [5.41, 5.74) is -0.756. The fourth-order valence-corrected chi connectivity index (χ4v) is 3.83. The zero-order chi connectivity index (χ0) is 17.5. The first-order valence-electron chi connectivity index (χ1n) is 7.01. The first-order chi connectivity index (χ1) is 11.2. The summed E-state index contributed by atoms with van der Waals surface area (Å²) in [6.45, 7) is 1.72. The summed E-state index contributed by atoms with van der Waals surface area (Å²) < 4.78 is 66.0. The van der Waals surface area contributed by atoms with Gasteiger partial charge in [-0.1, -0.05) is 18.2 Å². The number of hydrogen-bond donors (Lipinski definition) is 0. The molecule has 2 aromatic heterocycles. The Morgan fingerprint density at radius 2 is 1.79 bits per heavy atom. The molecule has 0 radical (unpaired) electrons. The second kappa shape index (κ2) is 5.62. The molecule has 0 bridgehead atoms. The van der Waals surface area contributed by atoms with E-state index >= 15 is 0 Å². The Morgan fingerprint density at radius 3 is 2.42 bits per heavy atom. The monoisotopic (exact) mass is 354 g/mol. The zero-order valence-electron chi connectivity index (χ0n) is 12.6.